The quantitative estimate of drug-likeness (QED) is 0.125. The number of hydrogen-bond donors (Lipinski definition) is 5. The fraction of sp³-hybridized carbons (Fsp3) is 0.310. The minimum absolute atomic E-state index is 0.139. The number of aromatic amines is 1. The first kappa shape index (κ1) is 33.1. The number of halogens is 1. The third kappa shape index (κ3) is 4.42. The molecule has 3 aromatic carbocycles. The molecule has 54 heavy (non-hydrogen) atoms. The molecular weight excluding hydrogens is 706 g/mol. The summed E-state index contributed by atoms with van der Waals surface area (Å²) in [5.74, 6) is 0.887. The summed E-state index contributed by atoms with van der Waals surface area (Å²) < 4.78 is 20.7. The largest absolute Gasteiger partial charge is 0.469 e. The molecule has 10 rings (SSSR count). The molecule has 2 amide bonds. The molecule has 11 nitrogen and oxygen atoms in total. The number of furan rings is 1. The highest BCUT2D eigenvalue weighted by Crippen LogP contribution is 2.62. The number of hydrogen-bond acceptors (Lipinski definition) is 8. The maximum Gasteiger partial charge on any atom is 0.249 e. The SMILES string of the molecule is Cc1[nH]c2cccc3c2c1-c1oc(nc1Cl)-c1cc2oc1C14c5cc(ccc5OC1Nc1c-3cccc14)C[C@H](NC(=O)[C@@H](O)C(C)C)C(=O)NC2C(C)C. The summed E-state index contributed by atoms with van der Waals surface area (Å²) in [7, 11) is 0. The molecule has 5 atom stereocenters. The normalized spacial score (nSPS) is 22.2. The Balaban J connectivity index is 1.30. The first-order chi connectivity index (χ1) is 25.9. The van der Waals surface area contributed by atoms with Crippen molar-refractivity contribution >= 4 is 40.0 Å². The maximum absolute atomic E-state index is 14.2. The second kappa shape index (κ2) is 11.5. The van der Waals surface area contributed by atoms with E-state index in [9.17, 15) is 14.7 Å². The van der Waals surface area contributed by atoms with Crippen LogP contribution in [-0.2, 0) is 21.4 Å². The first-order valence-electron chi connectivity index (χ1n) is 18.4. The van der Waals surface area contributed by atoms with Crippen LogP contribution in [0.3, 0.4) is 0 Å². The molecule has 3 aromatic heterocycles. The topological polar surface area (TPSA) is 155 Å². The summed E-state index contributed by atoms with van der Waals surface area (Å²) in [4.78, 5) is 35.9. The van der Waals surface area contributed by atoms with Crippen molar-refractivity contribution in [3.05, 3.63) is 99.7 Å². The number of aliphatic hydroxyl groups excluding tert-OH is 1. The van der Waals surface area contributed by atoms with E-state index in [1.54, 1.807) is 13.8 Å². The van der Waals surface area contributed by atoms with E-state index in [4.69, 9.17) is 30.2 Å². The number of rotatable bonds is 4. The Morgan fingerprint density at radius 2 is 1.80 bits per heavy atom. The molecule has 1 spiro atoms. The lowest BCUT2D eigenvalue weighted by Crippen LogP contribution is -2.52. The van der Waals surface area contributed by atoms with E-state index >= 15 is 0 Å². The first-order valence-corrected chi connectivity index (χ1v) is 18.7. The number of benzene rings is 3. The number of oxazole rings is 1. The van der Waals surface area contributed by atoms with Crippen molar-refractivity contribution in [3.8, 4) is 39.7 Å². The van der Waals surface area contributed by atoms with Crippen LogP contribution in [0.2, 0.25) is 5.15 Å². The van der Waals surface area contributed by atoms with Gasteiger partial charge in [-0.15, -0.1) is 0 Å². The molecule has 0 saturated heterocycles. The highest BCUT2D eigenvalue weighted by molar-refractivity contribution is 6.32. The zero-order valence-corrected chi connectivity index (χ0v) is 31.0. The summed E-state index contributed by atoms with van der Waals surface area (Å²) in [5, 5.41) is 21.6. The van der Waals surface area contributed by atoms with E-state index in [-0.39, 0.29) is 29.3 Å². The molecule has 6 aromatic rings. The van der Waals surface area contributed by atoms with Crippen LogP contribution in [0.4, 0.5) is 5.69 Å². The second-order valence-electron chi connectivity index (χ2n) is 15.6. The number of carbonyl (C=O) groups is 2. The summed E-state index contributed by atoms with van der Waals surface area (Å²) >= 11 is 7.03. The molecule has 274 valence electrons. The van der Waals surface area contributed by atoms with Gasteiger partial charge in [-0.25, -0.2) is 0 Å². The lowest BCUT2D eigenvalue weighted by molar-refractivity contribution is -0.135. The Labute approximate surface area is 315 Å². The van der Waals surface area contributed by atoms with E-state index < -0.39 is 41.6 Å². The van der Waals surface area contributed by atoms with Crippen molar-refractivity contribution in [3.63, 3.8) is 0 Å². The van der Waals surface area contributed by atoms with Crippen molar-refractivity contribution in [1.82, 2.24) is 20.6 Å². The van der Waals surface area contributed by atoms with Gasteiger partial charge in [-0.2, -0.15) is 4.98 Å². The highest BCUT2D eigenvalue weighted by atomic mass is 35.5. The van der Waals surface area contributed by atoms with Gasteiger partial charge in [0.05, 0.1) is 11.6 Å². The number of fused-ring (bicyclic) bond motifs is 7. The minimum atomic E-state index is -1.28. The fourth-order valence-electron chi connectivity index (χ4n) is 8.95. The Morgan fingerprint density at radius 3 is 2.59 bits per heavy atom. The number of nitrogens with zero attached hydrogens (tertiary/aromatic N) is 1. The van der Waals surface area contributed by atoms with Crippen LogP contribution in [-0.4, -0.2) is 45.3 Å². The van der Waals surface area contributed by atoms with Crippen LogP contribution < -0.4 is 20.7 Å². The number of amides is 2. The maximum atomic E-state index is 14.2. The second-order valence-corrected chi connectivity index (χ2v) is 15.9. The van der Waals surface area contributed by atoms with Gasteiger partial charge in [0.2, 0.25) is 17.7 Å². The Hall–Kier alpha value is -5.52. The molecule has 0 saturated carbocycles. The zero-order valence-electron chi connectivity index (χ0n) is 30.3. The lowest BCUT2D eigenvalue weighted by Gasteiger charge is -2.30. The van der Waals surface area contributed by atoms with Crippen LogP contribution in [0.1, 0.15) is 67.6 Å². The number of aromatic nitrogens is 2. The van der Waals surface area contributed by atoms with Gasteiger partial charge in [0.15, 0.2) is 17.1 Å². The predicted octanol–water partition coefficient (Wildman–Crippen LogP) is 7.37. The van der Waals surface area contributed by atoms with Crippen molar-refractivity contribution in [2.24, 2.45) is 11.8 Å². The number of para-hydroxylation sites is 1. The average molecular weight is 744 g/mol. The number of nitrogens with one attached hydrogen (secondary N) is 4. The van der Waals surface area contributed by atoms with Crippen molar-refractivity contribution in [2.75, 3.05) is 5.32 Å². The van der Waals surface area contributed by atoms with Gasteiger partial charge in [-0.1, -0.05) is 81.8 Å². The Morgan fingerprint density at radius 1 is 1.00 bits per heavy atom. The molecule has 3 unspecified atom stereocenters. The van der Waals surface area contributed by atoms with Crippen LogP contribution in [0.25, 0.3) is 44.8 Å². The monoisotopic (exact) mass is 743 g/mol. The molecule has 0 fully saturated rings. The van der Waals surface area contributed by atoms with Crippen molar-refractivity contribution in [2.45, 2.75) is 70.9 Å². The lowest BCUT2D eigenvalue weighted by atomic mass is 9.71. The smallest absolute Gasteiger partial charge is 0.249 e. The standard InChI is InChI=1S/C42H38ClN5O6/c1-17(2)32-29-16-23-36(52-29)42-24-10-6-9-22(21-8-7-11-26-31(21)30(19(5)44-26)35-37(43)48-40(23)54-35)33(24)47-41(42)53-28-13-12-20(14-25(28)42)15-27(38(50)46-32)45-39(51)34(49)18(3)4/h6-14,16-18,27,32,34,41,44,47,49H,15H2,1-5H3,(H,45,51)(H,46,50)/t27-,32?,34-,41?,42?/m0/s1. The molecular formula is C42H38ClN5O6. The highest BCUT2D eigenvalue weighted by Gasteiger charge is 2.61. The van der Waals surface area contributed by atoms with Crippen LogP contribution in [0, 0.1) is 18.8 Å². The van der Waals surface area contributed by atoms with Crippen LogP contribution in [0.15, 0.2) is 69.5 Å². The van der Waals surface area contributed by atoms with Crippen LogP contribution >= 0.6 is 11.6 Å². The molecule has 4 aliphatic rings. The summed E-state index contributed by atoms with van der Waals surface area (Å²) in [6, 6.07) is 18.6. The third-order valence-corrected chi connectivity index (χ3v) is 11.8. The number of H-pyrrole nitrogens is 1. The van der Waals surface area contributed by atoms with Crippen molar-refractivity contribution in [1.29, 1.82) is 0 Å². The van der Waals surface area contributed by atoms with Crippen LogP contribution in [0.5, 0.6) is 5.75 Å². The molecule has 7 heterocycles. The molecule has 0 aliphatic carbocycles. The average Bonchev–Trinajstić information content (AvgIpc) is 3.94. The van der Waals surface area contributed by atoms with Gasteiger partial charge in [0, 0.05) is 45.4 Å². The zero-order chi connectivity index (χ0) is 37.4. The number of anilines is 1. The van der Waals surface area contributed by atoms with Gasteiger partial charge in [-0.3, -0.25) is 9.59 Å². The number of aliphatic hydroxyl groups is 1. The predicted molar refractivity (Wildman–Crippen MR) is 203 cm³/mol. The Bertz CT molecular complexity index is 2580. The van der Waals surface area contributed by atoms with Gasteiger partial charge in [0.1, 0.15) is 34.8 Å². The van der Waals surface area contributed by atoms with Gasteiger partial charge >= 0.3 is 0 Å². The summed E-state index contributed by atoms with van der Waals surface area (Å²) in [6.07, 6.45) is -1.75. The van der Waals surface area contributed by atoms with E-state index in [1.807, 2.05) is 57.2 Å². The van der Waals surface area contributed by atoms with E-state index in [1.165, 1.54) is 0 Å². The summed E-state index contributed by atoms with van der Waals surface area (Å²) in [5.41, 5.74) is 7.59. The van der Waals surface area contributed by atoms with Gasteiger partial charge in [0.25, 0.3) is 0 Å². The third-order valence-electron chi connectivity index (χ3n) is 11.6. The number of carbonyl (C=O) groups excluding carboxylic acids is 2. The van der Waals surface area contributed by atoms with E-state index in [0.29, 0.717) is 28.6 Å². The van der Waals surface area contributed by atoms with E-state index in [0.717, 1.165) is 55.7 Å². The van der Waals surface area contributed by atoms with Crippen molar-refractivity contribution < 1.29 is 28.3 Å². The number of aryl methyl sites for hydroxylation is 1. The fourth-order valence-corrected chi connectivity index (χ4v) is 9.16. The minimum Gasteiger partial charge on any atom is -0.469 e. The molecule has 12 heteroatoms. The molecule has 5 N–H and O–H groups in total. The summed E-state index contributed by atoms with van der Waals surface area (Å²) in [6.45, 7) is 9.49. The number of ether oxygens (including phenoxy) is 1. The Kier molecular flexibility index (Phi) is 7.04. The van der Waals surface area contributed by atoms with E-state index in [2.05, 4.69) is 45.2 Å². The van der Waals surface area contributed by atoms with Gasteiger partial charge in [-0.05, 0) is 53.6 Å². The molecule has 0 radical (unpaired) electrons. The molecule has 10 bridgehead atoms. The van der Waals surface area contributed by atoms with Gasteiger partial charge < -0.3 is 39.6 Å². The molecule has 4 aliphatic heterocycles.